The van der Waals surface area contributed by atoms with Gasteiger partial charge in [-0.25, -0.2) is 4.98 Å². The van der Waals surface area contributed by atoms with Gasteiger partial charge in [0.2, 0.25) is 0 Å². The van der Waals surface area contributed by atoms with Crippen molar-refractivity contribution in [3.8, 4) is 0 Å². The van der Waals surface area contributed by atoms with E-state index in [4.69, 9.17) is 5.11 Å². The molecular weight excluding hydrogens is 218 g/mol. The summed E-state index contributed by atoms with van der Waals surface area (Å²) in [6, 6.07) is -0.140. The molecule has 1 heterocycles. The van der Waals surface area contributed by atoms with Crippen LogP contribution in [0.5, 0.6) is 0 Å². The van der Waals surface area contributed by atoms with Crippen LogP contribution in [0.15, 0.2) is 12.5 Å². The SMILES string of the molecule is CCCC(NCc1cncn1C(C)C)C(=O)O. The summed E-state index contributed by atoms with van der Waals surface area (Å²) in [5.41, 5.74) is 1.02. The van der Waals surface area contributed by atoms with E-state index in [0.29, 0.717) is 19.0 Å². The summed E-state index contributed by atoms with van der Waals surface area (Å²) in [6.45, 7) is 6.67. The Balaban J connectivity index is 2.59. The molecule has 17 heavy (non-hydrogen) atoms. The minimum Gasteiger partial charge on any atom is -0.480 e. The molecule has 96 valence electrons. The molecular formula is C12H21N3O2. The number of nitrogens with one attached hydrogen (secondary N) is 1. The van der Waals surface area contributed by atoms with Crippen LogP contribution in [-0.4, -0.2) is 26.7 Å². The molecule has 0 aliphatic carbocycles. The summed E-state index contributed by atoms with van der Waals surface area (Å²) in [4.78, 5) is 15.1. The molecule has 0 saturated carbocycles. The van der Waals surface area contributed by atoms with Gasteiger partial charge in [-0.15, -0.1) is 0 Å². The minimum absolute atomic E-state index is 0.337. The predicted octanol–water partition coefficient (Wildman–Crippen LogP) is 1.81. The van der Waals surface area contributed by atoms with Gasteiger partial charge in [-0.3, -0.25) is 10.1 Å². The smallest absolute Gasteiger partial charge is 0.320 e. The number of imidazole rings is 1. The van der Waals surface area contributed by atoms with Crippen LogP contribution < -0.4 is 5.32 Å². The van der Waals surface area contributed by atoms with Crippen LogP contribution in [0.3, 0.4) is 0 Å². The van der Waals surface area contributed by atoms with Gasteiger partial charge in [0.25, 0.3) is 0 Å². The number of aliphatic carboxylic acids is 1. The zero-order chi connectivity index (χ0) is 12.8. The van der Waals surface area contributed by atoms with E-state index in [2.05, 4.69) is 24.1 Å². The summed E-state index contributed by atoms with van der Waals surface area (Å²) in [5, 5.41) is 12.1. The van der Waals surface area contributed by atoms with Gasteiger partial charge >= 0.3 is 5.97 Å². The Morgan fingerprint density at radius 2 is 2.29 bits per heavy atom. The molecule has 0 aliphatic rings. The Hall–Kier alpha value is -1.36. The van der Waals surface area contributed by atoms with Crippen LogP contribution in [0.25, 0.3) is 0 Å². The van der Waals surface area contributed by atoms with Crippen LogP contribution >= 0.6 is 0 Å². The average molecular weight is 239 g/mol. The van der Waals surface area contributed by atoms with Crippen molar-refractivity contribution in [3.63, 3.8) is 0 Å². The molecule has 0 aliphatic heterocycles. The molecule has 1 unspecified atom stereocenters. The molecule has 1 aromatic heterocycles. The standard InChI is InChI=1S/C12H21N3O2/c1-4-5-11(12(16)17)14-7-10-6-13-8-15(10)9(2)3/h6,8-9,11,14H,4-5,7H2,1-3H3,(H,16,17). The molecule has 1 atom stereocenters. The van der Waals surface area contributed by atoms with E-state index in [1.807, 2.05) is 11.5 Å². The third kappa shape index (κ3) is 3.85. The van der Waals surface area contributed by atoms with Crippen LogP contribution in [0, 0.1) is 0 Å². The molecule has 5 nitrogen and oxygen atoms in total. The second-order valence-corrected chi connectivity index (χ2v) is 4.45. The van der Waals surface area contributed by atoms with Crippen molar-refractivity contribution in [3.05, 3.63) is 18.2 Å². The molecule has 0 aromatic carbocycles. The summed E-state index contributed by atoms with van der Waals surface area (Å²) in [6.07, 6.45) is 5.05. The Bertz CT molecular complexity index is 360. The highest BCUT2D eigenvalue weighted by Crippen LogP contribution is 2.09. The molecule has 2 N–H and O–H groups in total. The molecule has 0 bridgehead atoms. The van der Waals surface area contributed by atoms with Gasteiger partial charge in [-0.2, -0.15) is 0 Å². The number of nitrogens with zero attached hydrogens (tertiary/aromatic N) is 2. The van der Waals surface area contributed by atoms with E-state index < -0.39 is 12.0 Å². The Labute approximate surface area is 102 Å². The fourth-order valence-corrected chi connectivity index (χ4v) is 1.76. The Morgan fingerprint density at radius 3 is 2.82 bits per heavy atom. The first kappa shape index (κ1) is 13.7. The number of rotatable bonds is 7. The van der Waals surface area contributed by atoms with Crippen molar-refractivity contribution >= 4 is 5.97 Å². The maximum absolute atomic E-state index is 11.0. The third-order valence-corrected chi connectivity index (χ3v) is 2.71. The molecule has 5 heteroatoms. The number of hydrogen-bond donors (Lipinski definition) is 2. The lowest BCUT2D eigenvalue weighted by Crippen LogP contribution is -2.36. The van der Waals surface area contributed by atoms with Gasteiger partial charge < -0.3 is 9.67 Å². The average Bonchev–Trinajstić information content (AvgIpc) is 2.71. The fourth-order valence-electron chi connectivity index (χ4n) is 1.76. The first-order valence-corrected chi connectivity index (χ1v) is 6.03. The molecule has 0 amide bonds. The van der Waals surface area contributed by atoms with Crippen LogP contribution in [0.4, 0.5) is 0 Å². The molecule has 0 fully saturated rings. The highest BCUT2D eigenvalue weighted by atomic mass is 16.4. The maximum atomic E-state index is 11.0. The molecule has 0 saturated heterocycles. The van der Waals surface area contributed by atoms with Crippen molar-refractivity contribution < 1.29 is 9.90 Å². The maximum Gasteiger partial charge on any atom is 0.320 e. The zero-order valence-electron chi connectivity index (χ0n) is 10.7. The lowest BCUT2D eigenvalue weighted by Gasteiger charge is -2.16. The molecule has 1 rings (SSSR count). The number of carbonyl (C=O) groups is 1. The van der Waals surface area contributed by atoms with Crippen LogP contribution in [0.1, 0.15) is 45.3 Å². The lowest BCUT2D eigenvalue weighted by molar-refractivity contribution is -0.139. The topological polar surface area (TPSA) is 67.2 Å². The minimum atomic E-state index is -0.789. The van der Waals surface area contributed by atoms with Gasteiger partial charge in [0.05, 0.1) is 12.0 Å². The van der Waals surface area contributed by atoms with E-state index in [0.717, 1.165) is 12.1 Å². The zero-order valence-corrected chi connectivity index (χ0v) is 10.7. The molecule has 1 aromatic rings. The predicted molar refractivity (Wildman–Crippen MR) is 65.8 cm³/mol. The number of hydrogen-bond acceptors (Lipinski definition) is 3. The largest absolute Gasteiger partial charge is 0.480 e. The second-order valence-electron chi connectivity index (χ2n) is 4.45. The van der Waals surface area contributed by atoms with Gasteiger partial charge in [0.1, 0.15) is 6.04 Å². The van der Waals surface area contributed by atoms with Gasteiger partial charge in [-0.05, 0) is 20.3 Å². The highest BCUT2D eigenvalue weighted by Gasteiger charge is 2.16. The van der Waals surface area contributed by atoms with E-state index >= 15 is 0 Å². The summed E-state index contributed by atoms with van der Waals surface area (Å²) in [5.74, 6) is -0.789. The number of carboxylic acid groups (broad SMARTS) is 1. The Kier molecular flexibility index (Phi) is 5.15. The monoisotopic (exact) mass is 239 g/mol. The van der Waals surface area contributed by atoms with Crippen molar-refractivity contribution in [1.29, 1.82) is 0 Å². The van der Waals surface area contributed by atoms with E-state index in [9.17, 15) is 4.79 Å². The molecule has 0 spiro atoms. The lowest BCUT2D eigenvalue weighted by atomic mass is 10.1. The summed E-state index contributed by atoms with van der Waals surface area (Å²) >= 11 is 0. The van der Waals surface area contributed by atoms with E-state index in [1.54, 1.807) is 12.5 Å². The quantitative estimate of drug-likeness (QED) is 0.761. The third-order valence-electron chi connectivity index (χ3n) is 2.71. The van der Waals surface area contributed by atoms with Crippen LogP contribution in [-0.2, 0) is 11.3 Å². The van der Waals surface area contributed by atoms with Crippen LogP contribution in [0.2, 0.25) is 0 Å². The Morgan fingerprint density at radius 1 is 1.59 bits per heavy atom. The fraction of sp³-hybridized carbons (Fsp3) is 0.667. The summed E-state index contributed by atoms with van der Waals surface area (Å²) < 4.78 is 2.04. The first-order chi connectivity index (χ1) is 8.06. The van der Waals surface area contributed by atoms with E-state index in [-0.39, 0.29) is 0 Å². The van der Waals surface area contributed by atoms with Gasteiger partial charge in [0.15, 0.2) is 0 Å². The number of aromatic nitrogens is 2. The second kappa shape index (κ2) is 6.39. The van der Waals surface area contributed by atoms with E-state index in [1.165, 1.54) is 0 Å². The highest BCUT2D eigenvalue weighted by molar-refractivity contribution is 5.73. The van der Waals surface area contributed by atoms with Gasteiger partial charge in [0, 0.05) is 18.8 Å². The first-order valence-electron chi connectivity index (χ1n) is 6.03. The number of carboxylic acids is 1. The van der Waals surface area contributed by atoms with Crippen molar-refractivity contribution in [2.75, 3.05) is 0 Å². The van der Waals surface area contributed by atoms with Gasteiger partial charge in [-0.1, -0.05) is 13.3 Å². The normalized spacial score (nSPS) is 12.9. The molecule has 0 radical (unpaired) electrons. The van der Waals surface area contributed by atoms with Crippen molar-refractivity contribution in [2.45, 2.75) is 52.2 Å². The van der Waals surface area contributed by atoms with Crippen molar-refractivity contribution in [2.24, 2.45) is 0 Å². The van der Waals surface area contributed by atoms with Crippen molar-refractivity contribution in [1.82, 2.24) is 14.9 Å². The summed E-state index contributed by atoms with van der Waals surface area (Å²) in [7, 11) is 0.